The molecule has 7 heteroatoms. The number of aryl methyl sites for hydroxylation is 1. The van der Waals surface area contributed by atoms with Gasteiger partial charge in [0, 0.05) is 34.9 Å². The molecule has 126 valence electrons. The molecule has 3 rings (SSSR count). The van der Waals surface area contributed by atoms with Crippen LogP contribution >= 0.6 is 11.6 Å². The Balaban J connectivity index is 1.98. The molecule has 1 aromatic heterocycles. The van der Waals surface area contributed by atoms with Gasteiger partial charge in [0.15, 0.2) is 0 Å². The summed E-state index contributed by atoms with van der Waals surface area (Å²) in [6.45, 7) is 0. The summed E-state index contributed by atoms with van der Waals surface area (Å²) in [6.07, 6.45) is 1.48. The van der Waals surface area contributed by atoms with E-state index in [1.165, 1.54) is 24.4 Å². The van der Waals surface area contributed by atoms with Gasteiger partial charge in [-0.3, -0.25) is 14.4 Å². The molecule has 25 heavy (non-hydrogen) atoms. The van der Waals surface area contributed by atoms with Gasteiger partial charge in [0.2, 0.25) is 11.3 Å². The first-order chi connectivity index (χ1) is 11.9. The molecule has 0 saturated carbocycles. The lowest BCUT2D eigenvalue weighted by Gasteiger charge is -2.10. The quantitative estimate of drug-likeness (QED) is 0.755. The van der Waals surface area contributed by atoms with Gasteiger partial charge in [0.25, 0.3) is 5.91 Å². The Morgan fingerprint density at radius 3 is 2.44 bits per heavy atom. The summed E-state index contributed by atoms with van der Waals surface area (Å²) in [5, 5.41) is 3.42. The van der Waals surface area contributed by atoms with E-state index in [0.717, 1.165) is 0 Å². The van der Waals surface area contributed by atoms with Crippen molar-refractivity contribution >= 4 is 40.0 Å². The summed E-state index contributed by atoms with van der Waals surface area (Å²) in [5.74, 6) is -1.10. The predicted octanol–water partition coefficient (Wildman–Crippen LogP) is 2.54. The molecule has 0 fully saturated rings. The Bertz CT molecular complexity index is 1060. The fourth-order valence-electron chi connectivity index (χ4n) is 2.54. The number of primary amides is 1. The fourth-order valence-corrected chi connectivity index (χ4v) is 2.71. The van der Waals surface area contributed by atoms with Gasteiger partial charge in [-0.25, -0.2) is 0 Å². The van der Waals surface area contributed by atoms with E-state index >= 15 is 0 Å². The fraction of sp³-hybridized carbons (Fsp3) is 0.0556. The molecule has 0 aliphatic heterocycles. The zero-order chi connectivity index (χ0) is 18.1. The van der Waals surface area contributed by atoms with Gasteiger partial charge in [-0.15, -0.1) is 0 Å². The van der Waals surface area contributed by atoms with Gasteiger partial charge >= 0.3 is 0 Å². The van der Waals surface area contributed by atoms with Crippen LogP contribution in [0.5, 0.6) is 0 Å². The molecule has 3 N–H and O–H groups in total. The number of hydrogen-bond acceptors (Lipinski definition) is 3. The van der Waals surface area contributed by atoms with Crippen molar-refractivity contribution in [1.29, 1.82) is 0 Å². The highest BCUT2D eigenvalue weighted by Gasteiger charge is 2.15. The van der Waals surface area contributed by atoms with Gasteiger partial charge < -0.3 is 15.6 Å². The van der Waals surface area contributed by atoms with Crippen LogP contribution in [0.15, 0.2) is 53.5 Å². The minimum atomic E-state index is -0.557. The molecular weight excluding hydrogens is 342 g/mol. The Morgan fingerprint density at radius 1 is 1.12 bits per heavy atom. The van der Waals surface area contributed by atoms with Gasteiger partial charge in [0.1, 0.15) is 5.56 Å². The van der Waals surface area contributed by atoms with Crippen LogP contribution in [-0.2, 0) is 7.05 Å². The molecule has 0 unspecified atom stereocenters. The Labute approximate surface area is 147 Å². The minimum absolute atomic E-state index is 0.00348. The number of anilines is 1. The number of carbonyl (C=O) groups excluding carboxylic acids is 2. The number of aromatic nitrogens is 1. The van der Waals surface area contributed by atoms with Crippen LogP contribution in [-0.4, -0.2) is 16.4 Å². The van der Waals surface area contributed by atoms with Crippen molar-refractivity contribution in [3.05, 3.63) is 75.0 Å². The van der Waals surface area contributed by atoms with E-state index in [2.05, 4.69) is 5.32 Å². The van der Waals surface area contributed by atoms with E-state index < -0.39 is 17.2 Å². The van der Waals surface area contributed by atoms with E-state index in [-0.39, 0.29) is 5.56 Å². The van der Waals surface area contributed by atoms with Crippen molar-refractivity contribution in [1.82, 2.24) is 4.57 Å². The number of nitrogens with one attached hydrogen (secondary N) is 1. The maximum atomic E-state index is 12.6. The van der Waals surface area contributed by atoms with Crippen LogP contribution in [0.25, 0.3) is 10.9 Å². The van der Waals surface area contributed by atoms with Crippen molar-refractivity contribution in [2.45, 2.75) is 0 Å². The maximum Gasteiger partial charge on any atom is 0.261 e. The minimum Gasteiger partial charge on any atom is -0.366 e. The molecule has 0 spiro atoms. The lowest BCUT2D eigenvalue weighted by molar-refractivity contribution is 0.0998. The van der Waals surface area contributed by atoms with Gasteiger partial charge in [-0.2, -0.15) is 0 Å². The van der Waals surface area contributed by atoms with Crippen molar-refractivity contribution < 1.29 is 9.59 Å². The number of nitrogens with two attached hydrogens (primary N) is 1. The number of hydrogen-bond donors (Lipinski definition) is 2. The Morgan fingerprint density at radius 2 is 1.80 bits per heavy atom. The van der Waals surface area contributed by atoms with Crippen molar-refractivity contribution in [2.75, 3.05) is 5.32 Å². The standard InChI is InChI=1S/C18H14ClN3O3/c1-22-9-14(16(23)13-8-11(19)4-7-15(13)22)18(25)21-12-5-2-10(3-6-12)17(20)24/h2-9H,1H3,(H2,20,24)(H,21,25). The smallest absolute Gasteiger partial charge is 0.261 e. The number of pyridine rings is 1. The number of halogens is 1. The van der Waals surface area contributed by atoms with Crippen LogP contribution < -0.4 is 16.5 Å². The number of fused-ring (bicyclic) bond motifs is 1. The molecule has 3 aromatic rings. The topological polar surface area (TPSA) is 94.2 Å². The molecule has 0 radical (unpaired) electrons. The van der Waals surface area contributed by atoms with Crippen molar-refractivity contribution in [3.8, 4) is 0 Å². The molecular formula is C18H14ClN3O3. The Kier molecular flexibility index (Phi) is 4.29. The second-order valence-electron chi connectivity index (χ2n) is 5.54. The van der Waals surface area contributed by atoms with E-state index in [4.69, 9.17) is 17.3 Å². The Hall–Kier alpha value is -3.12. The number of amides is 2. The third-order valence-corrected chi connectivity index (χ3v) is 4.06. The first-order valence-corrected chi connectivity index (χ1v) is 7.75. The van der Waals surface area contributed by atoms with Gasteiger partial charge in [-0.05, 0) is 42.5 Å². The third kappa shape index (κ3) is 3.25. The molecule has 2 amide bonds. The van der Waals surface area contributed by atoms with E-state index in [1.54, 1.807) is 35.9 Å². The average Bonchev–Trinajstić information content (AvgIpc) is 2.58. The van der Waals surface area contributed by atoms with Gasteiger partial charge in [0.05, 0.1) is 5.52 Å². The predicted molar refractivity (Wildman–Crippen MR) is 97.1 cm³/mol. The highest BCUT2D eigenvalue weighted by atomic mass is 35.5. The largest absolute Gasteiger partial charge is 0.366 e. The molecule has 0 atom stereocenters. The van der Waals surface area contributed by atoms with E-state index in [1.807, 2.05) is 0 Å². The number of carbonyl (C=O) groups is 2. The van der Waals surface area contributed by atoms with E-state index in [0.29, 0.717) is 27.2 Å². The molecule has 0 aliphatic rings. The van der Waals surface area contributed by atoms with Gasteiger partial charge in [-0.1, -0.05) is 11.6 Å². The monoisotopic (exact) mass is 355 g/mol. The van der Waals surface area contributed by atoms with Crippen LogP contribution in [0.2, 0.25) is 5.02 Å². The lowest BCUT2D eigenvalue weighted by atomic mass is 10.1. The molecule has 2 aromatic carbocycles. The first-order valence-electron chi connectivity index (χ1n) is 7.37. The highest BCUT2D eigenvalue weighted by Crippen LogP contribution is 2.17. The zero-order valence-electron chi connectivity index (χ0n) is 13.2. The molecule has 1 heterocycles. The molecule has 0 bridgehead atoms. The summed E-state index contributed by atoms with van der Waals surface area (Å²) in [7, 11) is 1.74. The maximum absolute atomic E-state index is 12.6. The summed E-state index contributed by atoms with van der Waals surface area (Å²) in [5.41, 5.74) is 6.23. The number of rotatable bonds is 3. The average molecular weight is 356 g/mol. The lowest BCUT2D eigenvalue weighted by Crippen LogP contribution is -2.23. The SMILES string of the molecule is Cn1cc(C(=O)Nc2ccc(C(N)=O)cc2)c(=O)c2cc(Cl)ccc21. The summed E-state index contributed by atoms with van der Waals surface area (Å²) >= 11 is 5.96. The van der Waals surface area contributed by atoms with Crippen LogP contribution in [0.3, 0.4) is 0 Å². The van der Waals surface area contributed by atoms with Crippen molar-refractivity contribution in [3.63, 3.8) is 0 Å². The number of benzene rings is 2. The summed E-state index contributed by atoms with van der Waals surface area (Å²) in [4.78, 5) is 36.2. The van der Waals surface area contributed by atoms with Crippen LogP contribution in [0.1, 0.15) is 20.7 Å². The zero-order valence-corrected chi connectivity index (χ0v) is 14.0. The second-order valence-corrected chi connectivity index (χ2v) is 5.98. The molecule has 0 aliphatic carbocycles. The van der Waals surface area contributed by atoms with E-state index in [9.17, 15) is 14.4 Å². The van der Waals surface area contributed by atoms with Crippen LogP contribution in [0, 0.1) is 0 Å². The number of nitrogens with zero attached hydrogens (tertiary/aromatic N) is 1. The highest BCUT2D eigenvalue weighted by molar-refractivity contribution is 6.31. The van der Waals surface area contributed by atoms with Crippen molar-refractivity contribution in [2.24, 2.45) is 12.8 Å². The molecule has 0 saturated heterocycles. The molecule has 6 nitrogen and oxygen atoms in total. The third-order valence-electron chi connectivity index (χ3n) is 3.82. The van der Waals surface area contributed by atoms with Crippen LogP contribution in [0.4, 0.5) is 5.69 Å². The summed E-state index contributed by atoms with van der Waals surface area (Å²) in [6, 6.07) is 11.0. The summed E-state index contributed by atoms with van der Waals surface area (Å²) < 4.78 is 1.69. The first kappa shape index (κ1) is 16.7. The second kappa shape index (κ2) is 6.41. The normalized spacial score (nSPS) is 10.6.